The molecule has 2 aromatic rings. The van der Waals surface area contributed by atoms with E-state index in [4.69, 9.17) is 4.18 Å². The topological polar surface area (TPSA) is 43.4 Å². The lowest BCUT2D eigenvalue weighted by Gasteiger charge is -2.12. The van der Waals surface area contributed by atoms with Crippen molar-refractivity contribution in [2.24, 2.45) is 0 Å². The molecule has 5 heteroatoms. The highest BCUT2D eigenvalue weighted by atomic mass is 32.2. The van der Waals surface area contributed by atoms with E-state index in [2.05, 4.69) is 12.6 Å². The molecular formula is C14H14O3S2. The van der Waals surface area contributed by atoms with Gasteiger partial charge >= 0.3 is 10.1 Å². The number of benzene rings is 2. The van der Waals surface area contributed by atoms with Gasteiger partial charge in [0.2, 0.25) is 0 Å². The number of rotatable bonds is 3. The summed E-state index contributed by atoms with van der Waals surface area (Å²) in [5, 5.41) is 0. The molecule has 3 nitrogen and oxygen atoms in total. The molecule has 19 heavy (non-hydrogen) atoms. The zero-order valence-corrected chi connectivity index (χ0v) is 12.3. The van der Waals surface area contributed by atoms with Gasteiger partial charge in [-0.2, -0.15) is 8.42 Å². The summed E-state index contributed by atoms with van der Waals surface area (Å²) in [7, 11) is -3.80. The zero-order chi connectivity index (χ0) is 14.0. The summed E-state index contributed by atoms with van der Waals surface area (Å²) in [6.45, 7) is 3.59. The fraction of sp³-hybridized carbons (Fsp3) is 0.143. The number of hydrogen-bond acceptors (Lipinski definition) is 4. The minimum atomic E-state index is -3.80. The second-order valence-electron chi connectivity index (χ2n) is 4.26. The number of thiol groups is 1. The van der Waals surface area contributed by atoms with Gasteiger partial charge in [-0.3, -0.25) is 0 Å². The Hall–Kier alpha value is -1.46. The van der Waals surface area contributed by atoms with Gasteiger partial charge in [0.05, 0.1) is 0 Å². The van der Waals surface area contributed by atoms with E-state index in [1.165, 1.54) is 12.1 Å². The van der Waals surface area contributed by atoms with Crippen molar-refractivity contribution in [2.75, 3.05) is 0 Å². The molecule has 2 aromatic carbocycles. The Morgan fingerprint density at radius 2 is 1.53 bits per heavy atom. The van der Waals surface area contributed by atoms with Crippen molar-refractivity contribution >= 4 is 22.7 Å². The predicted octanol–water partition coefficient (Wildman–Crippen LogP) is 3.36. The Kier molecular flexibility index (Phi) is 3.87. The summed E-state index contributed by atoms with van der Waals surface area (Å²) in [6.07, 6.45) is 0. The molecule has 0 spiro atoms. The van der Waals surface area contributed by atoms with Crippen LogP contribution >= 0.6 is 12.6 Å². The third-order valence-corrected chi connectivity index (χ3v) is 4.16. The highest BCUT2D eigenvalue weighted by Gasteiger charge is 2.18. The first-order valence-corrected chi connectivity index (χ1v) is 7.55. The molecule has 0 N–H and O–H groups in total. The van der Waals surface area contributed by atoms with E-state index in [1.807, 2.05) is 0 Å². The largest absolute Gasteiger partial charge is 0.378 e. The molecule has 0 atom stereocenters. The molecule has 0 unspecified atom stereocenters. The van der Waals surface area contributed by atoms with E-state index in [9.17, 15) is 8.42 Å². The van der Waals surface area contributed by atoms with Gasteiger partial charge in [0, 0.05) is 4.90 Å². The summed E-state index contributed by atoms with van der Waals surface area (Å²) in [4.78, 5) is 0.920. The Balaban J connectivity index is 2.42. The van der Waals surface area contributed by atoms with Gasteiger partial charge in [-0.25, -0.2) is 0 Å². The molecule has 0 heterocycles. The van der Waals surface area contributed by atoms with Crippen LogP contribution in [0.5, 0.6) is 5.75 Å². The average Bonchev–Trinajstić information content (AvgIpc) is 2.35. The van der Waals surface area contributed by atoms with Crippen LogP contribution in [-0.2, 0) is 10.1 Å². The smallest absolute Gasteiger partial charge is 0.339 e. The van der Waals surface area contributed by atoms with E-state index >= 15 is 0 Å². The van der Waals surface area contributed by atoms with Crippen LogP contribution in [0.4, 0.5) is 0 Å². The normalized spacial score (nSPS) is 11.3. The summed E-state index contributed by atoms with van der Waals surface area (Å²) in [6, 6.07) is 11.6. The Labute approximate surface area is 118 Å². The van der Waals surface area contributed by atoms with E-state index < -0.39 is 10.1 Å². The first-order valence-electron chi connectivity index (χ1n) is 5.70. The van der Waals surface area contributed by atoms with Gasteiger partial charge in [-0.1, -0.05) is 18.2 Å². The predicted molar refractivity (Wildman–Crippen MR) is 77.4 cm³/mol. The number of hydrogen-bond donors (Lipinski definition) is 1. The van der Waals surface area contributed by atoms with Crippen LogP contribution < -0.4 is 4.18 Å². The van der Waals surface area contributed by atoms with E-state index in [0.29, 0.717) is 5.75 Å². The van der Waals surface area contributed by atoms with E-state index in [-0.39, 0.29) is 4.90 Å². The van der Waals surface area contributed by atoms with E-state index in [0.717, 1.165) is 16.0 Å². The van der Waals surface area contributed by atoms with Gasteiger partial charge < -0.3 is 4.18 Å². The maximum Gasteiger partial charge on any atom is 0.339 e. The molecular weight excluding hydrogens is 280 g/mol. The van der Waals surface area contributed by atoms with Crippen LogP contribution in [0, 0.1) is 13.8 Å². The second kappa shape index (κ2) is 5.27. The SMILES string of the molecule is Cc1cc(S)cc(C)c1OS(=O)(=O)c1ccccc1. The first kappa shape index (κ1) is 14.0. The van der Waals surface area contributed by atoms with Crippen LogP contribution in [0.1, 0.15) is 11.1 Å². The molecule has 0 aliphatic heterocycles. The van der Waals surface area contributed by atoms with Crippen molar-refractivity contribution in [3.05, 3.63) is 53.6 Å². The van der Waals surface area contributed by atoms with Crippen LogP contribution in [0.2, 0.25) is 0 Å². The maximum atomic E-state index is 12.1. The van der Waals surface area contributed by atoms with Gasteiger partial charge in [0.25, 0.3) is 0 Å². The Morgan fingerprint density at radius 1 is 1.00 bits per heavy atom. The van der Waals surface area contributed by atoms with Crippen LogP contribution in [0.25, 0.3) is 0 Å². The molecule has 0 aliphatic rings. The van der Waals surface area contributed by atoms with Crippen LogP contribution in [0.3, 0.4) is 0 Å². The summed E-state index contributed by atoms with van der Waals surface area (Å²) >= 11 is 4.25. The van der Waals surface area contributed by atoms with Crippen molar-refractivity contribution in [3.63, 3.8) is 0 Å². The molecule has 0 saturated carbocycles. The molecule has 100 valence electrons. The lowest BCUT2D eigenvalue weighted by atomic mass is 10.1. The van der Waals surface area contributed by atoms with Crippen molar-refractivity contribution in [2.45, 2.75) is 23.6 Å². The standard InChI is InChI=1S/C14H14O3S2/c1-10-8-12(18)9-11(2)14(10)17-19(15,16)13-6-4-3-5-7-13/h3-9,18H,1-2H3. The fourth-order valence-electron chi connectivity index (χ4n) is 1.80. The summed E-state index contributed by atoms with van der Waals surface area (Å²) in [5.74, 6) is 0.363. The van der Waals surface area contributed by atoms with Crippen molar-refractivity contribution in [3.8, 4) is 5.75 Å². The molecule has 0 aliphatic carbocycles. The fourth-order valence-corrected chi connectivity index (χ4v) is 3.26. The van der Waals surface area contributed by atoms with Gasteiger partial charge in [0.15, 0.2) is 0 Å². The van der Waals surface area contributed by atoms with Crippen LogP contribution in [-0.4, -0.2) is 8.42 Å². The van der Waals surface area contributed by atoms with Crippen molar-refractivity contribution in [1.82, 2.24) is 0 Å². The minimum absolute atomic E-state index is 0.142. The molecule has 0 amide bonds. The second-order valence-corrected chi connectivity index (χ2v) is 6.32. The molecule has 2 rings (SSSR count). The van der Waals surface area contributed by atoms with Crippen molar-refractivity contribution < 1.29 is 12.6 Å². The Bertz CT molecular complexity index is 669. The lowest BCUT2D eigenvalue weighted by molar-refractivity contribution is 0.482. The highest BCUT2D eigenvalue weighted by Crippen LogP contribution is 2.29. The summed E-state index contributed by atoms with van der Waals surface area (Å²) < 4.78 is 29.5. The van der Waals surface area contributed by atoms with Gasteiger partial charge in [-0.05, 0) is 49.2 Å². The Morgan fingerprint density at radius 3 is 2.05 bits per heavy atom. The average molecular weight is 294 g/mol. The van der Waals surface area contributed by atoms with Crippen LogP contribution in [0.15, 0.2) is 52.3 Å². The third kappa shape index (κ3) is 3.11. The first-order chi connectivity index (χ1) is 8.90. The molecule has 0 bridgehead atoms. The third-order valence-electron chi connectivity index (χ3n) is 2.67. The van der Waals surface area contributed by atoms with Crippen molar-refractivity contribution in [1.29, 1.82) is 0 Å². The quantitative estimate of drug-likeness (QED) is 0.697. The summed E-state index contributed by atoms with van der Waals surface area (Å²) in [5.41, 5.74) is 1.48. The molecule has 0 aromatic heterocycles. The molecule has 0 saturated heterocycles. The maximum absolute atomic E-state index is 12.1. The van der Waals surface area contributed by atoms with Gasteiger partial charge in [-0.15, -0.1) is 12.6 Å². The zero-order valence-electron chi connectivity index (χ0n) is 10.6. The molecule has 0 radical (unpaired) electrons. The lowest BCUT2D eigenvalue weighted by Crippen LogP contribution is -2.11. The van der Waals surface area contributed by atoms with Gasteiger partial charge in [0.1, 0.15) is 10.6 Å². The number of aryl methyl sites for hydroxylation is 2. The monoisotopic (exact) mass is 294 g/mol. The molecule has 0 fully saturated rings. The van der Waals surface area contributed by atoms with E-state index in [1.54, 1.807) is 44.2 Å². The highest BCUT2D eigenvalue weighted by molar-refractivity contribution is 7.87. The minimum Gasteiger partial charge on any atom is -0.378 e.